The molecule has 0 aliphatic heterocycles. The fraction of sp³-hybridized carbons (Fsp3) is 0.0714. The third-order valence-corrected chi connectivity index (χ3v) is 4.80. The van der Waals surface area contributed by atoms with E-state index in [1.54, 1.807) is 18.6 Å². The van der Waals surface area contributed by atoms with E-state index in [1.165, 1.54) is 17.9 Å². The van der Waals surface area contributed by atoms with Gasteiger partial charge in [-0.15, -0.1) is 42.0 Å². The van der Waals surface area contributed by atoms with E-state index in [-0.39, 0.29) is 0 Å². The fourth-order valence-electron chi connectivity index (χ4n) is 3.26. The van der Waals surface area contributed by atoms with E-state index in [1.807, 2.05) is 92.7 Å². The Kier molecular flexibility index (Phi) is 10.1. The number of benzene rings is 1. The zero-order valence-corrected chi connectivity index (χ0v) is 21.9. The third-order valence-electron chi connectivity index (χ3n) is 4.80. The van der Waals surface area contributed by atoms with Gasteiger partial charge >= 0.3 is 27.5 Å². The van der Waals surface area contributed by atoms with Crippen molar-refractivity contribution in [1.82, 2.24) is 19.9 Å². The largest absolute Gasteiger partial charge is 0.305 e. The molecule has 0 N–H and O–H groups in total. The summed E-state index contributed by atoms with van der Waals surface area (Å²) >= 11 is 1.47. The van der Waals surface area contributed by atoms with Gasteiger partial charge in [-0.1, -0.05) is 61.4 Å². The van der Waals surface area contributed by atoms with E-state index in [2.05, 4.69) is 41.7 Å². The average Bonchev–Trinajstić information content (AvgIpc) is 2.92. The van der Waals surface area contributed by atoms with Crippen LogP contribution in [0.5, 0.6) is 0 Å². The smallest absolute Gasteiger partial charge is 0.0160 e. The van der Waals surface area contributed by atoms with Crippen LogP contribution in [0.15, 0.2) is 97.5 Å². The molecule has 4 nitrogen and oxygen atoms in total. The van der Waals surface area contributed by atoms with Gasteiger partial charge in [0.2, 0.25) is 0 Å². The normalized spacial score (nSPS) is 9.76. The summed E-state index contributed by atoms with van der Waals surface area (Å²) in [5.41, 5.74) is 7.50. The molecule has 0 aliphatic carbocycles. The molecule has 0 aliphatic rings. The SMILES string of the molecule is Cc1nc(C)c(-c2ccccn2)[c-]c1-c1ccccn1.[Cl][Ir+2].[c-]1ccccc1-c1ccccn1. The van der Waals surface area contributed by atoms with Crippen LogP contribution in [0.25, 0.3) is 33.8 Å². The summed E-state index contributed by atoms with van der Waals surface area (Å²) in [6.45, 7) is 3.96. The van der Waals surface area contributed by atoms with Gasteiger partial charge in [0, 0.05) is 30.0 Å². The molecule has 4 aromatic heterocycles. The van der Waals surface area contributed by atoms with Gasteiger partial charge in [-0.25, -0.2) is 0 Å². The number of aromatic nitrogens is 4. The molecule has 6 heteroatoms. The van der Waals surface area contributed by atoms with Gasteiger partial charge in [0.25, 0.3) is 0 Å². The second-order valence-electron chi connectivity index (χ2n) is 7.08. The first-order valence-corrected chi connectivity index (χ1v) is 13.4. The molecule has 0 saturated carbocycles. The van der Waals surface area contributed by atoms with Gasteiger partial charge in [0.15, 0.2) is 0 Å². The van der Waals surface area contributed by atoms with E-state index < -0.39 is 0 Å². The number of pyridine rings is 4. The Morgan fingerprint density at radius 2 is 1.09 bits per heavy atom. The van der Waals surface area contributed by atoms with Gasteiger partial charge in [-0.2, -0.15) is 0 Å². The maximum absolute atomic E-state index is 4.64. The summed E-state index contributed by atoms with van der Waals surface area (Å²) in [6.07, 6.45) is 5.35. The summed E-state index contributed by atoms with van der Waals surface area (Å²) in [7, 11) is 4.64. The summed E-state index contributed by atoms with van der Waals surface area (Å²) in [5.74, 6) is 0. The van der Waals surface area contributed by atoms with Crippen LogP contribution in [-0.2, 0) is 17.9 Å². The van der Waals surface area contributed by atoms with E-state index in [0.29, 0.717) is 0 Å². The van der Waals surface area contributed by atoms with Crippen molar-refractivity contribution in [3.63, 3.8) is 0 Å². The Bertz CT molecular complexity index is 1170. The van der Waals surface area contributed by atoms with Crippen LogP contribution in [0.3, 0.4) is 0 Å². The molecular weight excluding hydrogens is 620 g/mol. The van der Waals surface area contributed by atoms with Crippen molar-refractivity contribution in [1.29, 1.82) is 0 Å². The molecule has 0 amide bonds. The molecule has 4 heterocycles. The molecule has 0 saturated heterocycles. The molecule has 0 unspecified atom stereocenters. The monoisotopic (exact) mass is 642 g/mol. The number of rotatable bonds is 3. The van der Waals surface area contributed by atoms with Gasteiger partial charge < -0.3 is 9.97 Å². The van der Waals surface area contributed by atoms with Crippen molar-refractivity contribution in [3.05, 3.63) is 121 Å². The van der Waals surface area contributed by atoms with Gasteiger partial charge in [0.05, 0.1) is 0 Å². The first-order valence-electron chi connectivity index (χ1n) is 10.5. The minimum absolute atomic E-state index is 0.884. The van der Waals surface area contributed by atoms with Crippen LogP contribution < -0.4 is 0 Å². The second-order valence-corrected chi connectivity index (χ2v) is 7.08. The summed E-state index contributed by atoms with van der Waals surface area (Å²) < 4.78 is 0. The van der Waals surface area contributed by atoms with Crippen molar-refractivity contribution < 1.29 is 17.9 Å². The van der Waals surface area contributed by atoms with Crippen LogP contribution in [-0.4, -0.2) is 19.9 Å². The molecule has 34 heavy (non-hydrogen) atoms. The van der Waals surface area contributed by atoms with Crippen LogP contribution in [0.2, 0.25) is 0 Å². The van der Waals surface area contributed by atoms with E-state index in [9.17, 15) is 0 Å². The molecule has 5 aromatic rings. The summed E-state index contributed by atoms with van der Waals surface area (Å²) in [6, 6.07) is 31.9. The predicted molar refractivity (Wildman–Crippen MR) is 133 cm³/mol. The molecule has 0 bridgehead atoms. The second kappa shape index (κ2) is 13.5. The van der Waals surface area contributed by atoms with Crippen LogP contribution >= 0.6 is 9.58 Å². The molecule has 0 spiro atoms. The maximum Gasteiger partial charge on any atom is 0.0160 e. The van der Waals surface area contributed by atoms with E-state index in [0.717, 1.165) is 45.2 Å². The van der Waals surface area contributed by atoms with Gasteiger partial charge in [-0.05, 0) is 35.3 Å². The third kappa shape index (κ3) is 6.88. The maximum atomic E-state index is 4.64. The summed E-state index contributed by atoms with van der Waals surface area (Å²) in [5, 5.41) is 0. The Labute approximate surface area is 215 Å². The molecular formula is C28H22ClIrN4. The molecule has 5 rings (SSSR count). The number of hydrogen-bond donors (Lipinski definition) is 0. The first-order chi connectivity index (χ1) is 16.7. The zero-order valence-electron chi connectivity index (χ0n) is 18.7. The fourth-order valence-corrected chi connectivity index (χ4v) is 3.26. The van der Waals surface area contributed by atoms with Gasteiger partial charge in [-0.3, -0.25) is 9.97 Å². The Morgan fingerprint density at radius 3 is 1.50 bits per heavy atom. The quantitative estimate of drug-likeness (QED) is 0.202. The number of aryl methyl sites for hydroxylation is 2. The van der Waals surface area contributed by atoms with Crippen molar-refractivity contribution in [2.75, 3.05) is 0 Å². The van der Waals surface area contributed by atoms with Crippen molar-refractivity contribution in [3.8, 4) is 33.8 Å². The standard InChI is InChI=1S/C17H14N3.C11H8N.ClH.Ir/c1-12-14(16-7-3-5-9-18-16)11-15(13(2)20-12)17-8-4-6-10-19-17;1-2-6-10(7-3-1)11-8-4-5-9-12-11;;/h3-10H,1-2H3;1-6,8-9H;1H;/q2*-1;;+3/p-1. The number of halogens is 1. The van der Waals surface area contributed by atoms with Crippen molar-refractivity contribution in [2.45, 2.75) is 13.8 Å². The molecule has 0 radical (unpaired) electrons. The van der Waals surface area contributed by atoms with E-state index in [4.69, 9.17) is 0 Å². The average molecular weight is 642 g/mol. The molecule has 0 atom stereocenters. The van der Waals surface area contributed by atoms with Gasteiger partial charge in [0.1, 0.15) is 0 Å². The van der Waals surface area contributed by atoms with Crippen LogP contribution in [0.1, 0.15) is 11.4 Å². The predicted octanol–water partition coefficient (Wildman–Crippen LogP) is 6.86. The first kappa shape index (κ1) is 25.4. The van der Waals surface area contributed by atoms with Crippen LogP contribution in [0, 0.1) is 26.0 Å². The number of nitrogens with zero attached hydrogens (tertiary/aromatic N) is 4. The topological polar surface area (TPSA) is 51.6 Å². The number of hydrogen-bond acceptors (Lipinski definition) is 4. The molecule has 1 aromatic carbocycles. The molecule has 0 fully saturated rings. The Balaban J connectivity index is 0.000000197. The minimum Gasteiger partial charge on any atom is -0.305 e. The van der Waals surface area contributed by atoms with Crippen molar-refractivity contribution >= 4 is 9.58 Å². The van der Waals surface area contributed by atoms with Crippen molar-refractivity contribution in [2.24, 2.45) is 0 Å². The minimum atomic E-state index is 0.884. The zero-order chi connectivity index (χ0) is 24.2. The van der Waals surface area contributed by atoms with Crippen LogP contribution in [0.4, 0.5) is 0 Å². The Hall–Kier alpha value is -3.24. The summed E-state index contributed by atoms with van der Waals surface area (Å²) in [4.78, 5) is 17.6. The molecule has 170 valence electrons. The Morgan fingerprint density at radius 1 is 0.618 bits per heavy atom. The van der Waals surface area contributed by atoms with E-state index >= 15 is 0 Å².